The maximum atomic E-state index is 12.4. The number of nitrogens with zero attached hydrogens (tertiary/aromatic N) is 1. The minimum Gasteiger partial charge on any atom is -0.336 e. The predicted octanol–water partition coefficient (Wildman–Crippen LogP) is 2.94. The first kappa shape index (κ1) is 15.7. The monoisotopic (exact) mass is 262 g/mol. The molecule has 19 heavy (non-hydrogen) atoms. The Hall–Kier alpha value is -1.35. The third-order valence-corrected chi connectivity index (χ3v) is 3.60. The van der Waals surface area contributed by atoms with E-state index in [-0.39, 0.29) is 18.0 Å². The summed E-state index contributed by atoms with van der Waals surface area (Å²) in [5.41, 5.74) is 7.07. The van der Waals surface area contributed by atoms with Crippen molar-refractivity contribution >= 4 is 5.91 Å². The lowest BCUT2D eigenvalue weighted by atomic mass is 10.1. The zero-order valence-electron chi connectivity index (χ0n) is 12.3. The Balaban J connectivity index is 2.74. The number of rotatable bonds is 7. The highest BCUT2D eigenvalue weighted by atomic mass is 16.2. The minimum atomic E-state index is -0.0326. The lowest BCUT2D eigenvalue weighted by molar-refractivity contribution is -0.134. The van der Waals surface area contributed by atoms with Gasteiger partial charge < -0.3 is 10.6 Å². The summed E-state index contributed by atoms with van der Waals surface area (Å²) in [6, 6.07) is 10.3. The summed E-state index contributed by atoms with van der Waals surface area (Å²) in [4.78, 5) is 14.3. The molecule has 3 nitrogen and oxygen atoms in total. The Morgan fingerprint density at radius 2 is 1.84 bits per heavy atom. The highest BCUT2D eigenvalue weighted by molar-refractivity contribution is 5.77. The van der Waals surface area contributed by atoms with Crippen LogP contribution in [0.25, 0.3) is 0 Å². The summed E-state index contributed by atoms with van der Waals surface area (Å²) < 4.78 is 0. The summed E-state index contributed by atoms with van der Waals surface area (Å²) in [6.07, 6.45) is 2.24. The van der Waals surface area contributed by atoms with Crippen molar-refractivity contribution < 1.29 is 4.79 Å². The van der Waals surface area contributed by atoms with E-state index in [1.807, 2.05) is 30.0 Å². The quantitative estimate of drug-likeness (QED) is 0.821. The van der Waals surface area contributed by atoms with Gasteiger partial charge in [-0.05, 0) is 25.3 Å². The molecule has 0 bridgehead atoms. The van der Waals surface area contributed by atoms with Crippen molar-refractivity contribution in [2.24, 2.45) is 5.73 Å². The molecule has 3 heteroatoms. The highest BCUT2D eigenvalue weighted by Crippen LogP contribution is 2.13. The molecule has 106 valence electrons. The molecule has 0 saturated carbocycles. The molecule has 2 atom stereocenters. The lowest BCUT2D eigenvalue weighted by Gasteiger charge is -2.29. The van der Waals surface area contributed by atoms with Gasteiger partial charge in [-0.3, -0.25) is 4.79 Å². The SMILES string of the molecule is CCC(N)CC(=O)N(Cc1ccccc1)C(C)CC. The van der Waals surface area contributed by atoms with Crippen LogP contribution in [0.15, 0.2) is 30.3 Å². The number of amides is 1. The molecule has 0 aliphatic carbocycles. The van der Waals surface area contributed by atoms with Crippen molar-refractivity contribution in [2.75, 3.05) is 0 Å². The molecule has 0 aliphatic rings. The zero-order valence-corrected chi connectivity index (χ0v) is 12.3. The van der Waals surface area contributed by atoms with Crippen LogP contribution < -0.4 is 5.73 Å². The van der Waals surface area contributed by atoms with Crippen LogP contribution in [-0.2, 0) is 11.3 Å². The molecule has 0 heterocycles. The average Bonchev–Trinajstić information content (AvgIpc) is 2.44. The normalized spacial score (nSPS) is 13.9. The first-order valence-electron chi connectivity index (χ1n) is 7.17. The number of nitrogens with two attached hydrogens (primary N) is 1. The fourth-order valence-corrected chi connectivity index (χ4v) is 1.98. The Labute approximate surface area is 116 Å². The molecule has 0 saturated heterocycles. The van der Waals surface area contributed by atoms with Crippen molar-refractivity contribution in [1.29, 1.82) is 0 Å². The van der Waals surface area contributed by atoms with Crippen LogP contribution in [0.3, 0.4) is 0 Å². The van der Waals surface area contributed by atoms with Gasteiger partial charge >= 0.3 is 0 Å². The van der Waals surface area contributed by atoms with Crippen LogP contribution >= 0.6 is 0 Å². The van der Waals surface area contributed by atoms with E-state index in [4.69, 9.17) is 5.73 Å². The van der Waals surface area contributed by atoms with Gasteiger partial charge in [0.1, 0.15) is 0 Å². The first-order chi connectivity index (χ1) is 9.08. The zero-order chi connectivity index (χ0) is 14.3. The fourth-order valence-electron chi connectivity index (χ4n) is 1.98. The topological polar surface area (TPSA) is 46.3 Å². The largest absolute Gasteiger partial charge is 0.336 e. The third kappa shape index (κ3) is 5.03. The molecule has 0 fully saturated rings. The predicted molar refractivity (Wildman–Crippen MR) is 79.6 cm³/mol. The number of hydrogen-bond donors (Lipinski definition) is 1. The van der Waals surface area contributed by atoms with Crippen molar-refractivity contribution in [1.82, 2.24) is 4.90 Å². The van der Waals surface area contributed by atoms with Crippen LogP contribution in [0.5, 0.6) is 0 Å². The van der Waals surface area contributed by atoms with Crippen molar-refractivity contribution in [2.45, 2.75) is 58.7 Å². The molecule has 1 rings (SSSR count). The summed E-state index contributed by atoms with van der Waals surface area (Å²) in [6.45, 7) is 6.89. The van der Waals surface area contributed by atoms with E-state index < -0.39 is 0 Å². The Morgan fingerprint density at radius 3 is 2.37 bits per heavy atom. The lowest BCUT2D eigenvalue weighted by Crippen LogP contribution is -2.40. The smallest absolute Gasteiger partial charge is 0.224 e. The van der Waals surface area contributed by atoms with Crippen LogP contribution in [0.1, 0.15) is 45.6 Å². The minimum absolute atomic E-state index is 0.0326. The van der Waals surface area contributed by atoms with E-state index in [2.05, 4.69) is 26.0 Å². The molecule has 1 amide bonds. The van der Waals surface area contributed by atoms with Crippen molar-refractivity contribution in [3.63, 3.8) is 0 Å². The Kier molecular flexibility index (Phi) is 6.57. The summed E-state index contributed by atoms with van der Waals surface area (Å²) in [7, 11) is 0. The summed E-state index contributed by atoms with van der Waals surface area (Å²) in [5.74, 6) is 0.160. The van der Waals surface area contributed by atoms with Gasteiger partial charge in [0.05, 0.1) is 0 Å². The molecular formula is C16H26N2O. The van der Waals surface area contributed by atoms with Gasteiger partial charge in [-0.25, -0.2) is 0 Å². The standard InChI is InChI=1S/C16H26N2O/c1-4-13(3)18(16(19)11-15(17)5-2)12-14-9-7-6-8-10-14/h6-10,13,15H,4-5,11-12,17H2,1-3H3. The van der Waals surface area contributed by atoms with Gasteiger partial charge in [0.15, 0.2) is 0 Å². The average molecular weight is 262 g/mol. The fraction of sp³-hybridized carbons (Fsp3) is 0.562. The second-order valence-corrected chi connectivity index (χ2v) is 5.14. The second kappa shape index (κ2) is 7.95. The van der Waals surface area contributed by atoms with E-state index in [1.165, 1.54) is 5.56 Å². The molecule has 0 radical (unpaired) electrons. The maximum absolute atomic E-state index is 12.4. The first-order valence-corrected chi connectivity index (χ1v) is 7.17. The summed E-state index contributed by atoms with van der Waals surface area (Å²) >= 11 is 0. The summed E-state index contributed by atoms with van der Waals surface area (Å²) in [5, 5.41) is 0. The van der Waals surface area contributed by atoms with E-state index in [0.717, 1.165) is 12.8 Å². The van der Waals surface area contributed by atoms with Crippen LogP contribution in [0, 0.1) is 0 Å². The van der Waals surface area contributed by atoms with Gasteiger partial charge in [0.25, 0.3) is 0 Å². The van der Waals surface area contributed by atoms with Gasteiger partial charge in [0.2, 0.25) is 5.91 Å². The van der Waals surface area contributed by atoms with Crippen LogP contribution in [0.2, 0.25) is 0 Å². The van der Waals surface area contributed by atoms with Crippen molar-refractivity contribution in [3.8, 4) is 0 Å². The highest BCUT2D eigenvalue weighted by Gasteiger charge is 2.20. The van der Waals surface area contributed by atoms with Gasteiger partial charge in [-0.2, -0.15) is 0 Å². The van der Waals surface area contributed by atoms with Crippen LogP contribution in [0.4, 0.5) is 0 Å². The molecule has 1 aromatic carbocycles. The van der Waals surface area contributed by atoms with Gasteiger partial charge in [-0.1, -0.05) is 44.2 Å². The molecule has 2 unspecified atom stereocenters. The van der Waals surface area contributed by atoms with Crippen LogP contribution in [-0.4, -0.2) is 22.9 Å². The van der Waals surface area contributed by atoms with E-state index >= 15 is 0 Å². The van der Waals surface area contributed by atoms with Crippen molar-refractivity contribution in [3.05, 3.63) is 35.9 Å². The van der Waals surface area contributed by atoms with E-state index in [1.54, 1.807) is 0 Å². The molecule has 0 spiro atoms. The Bertz CT molecular complexity index is 378. The van der Waals surface area contributed by atoms with E-state index in [9.17, 15) is 4.79 Å². The van der Waals surface area contributed by atoms with E-state index in [0.29, 0.717) is 13.0 Å². The van der Waals surface area contributed by atoms with Gasteiger partial charge in [-0.15, -0.1) is 0 Å². The molecule has 0 aliphatic heterocycles. The Morgan fingerprint density at radius 1 is 1.21 bits per heavy atom. The number of carbonyl (C=O) groups excluding carboxylic acids is 1. The molecule has 2 N–H and O–H groups in total. The molecular weight excluding hydrogens is 236 g/mol. The number of benzene rings is 1. The number of carbonyl (C=O) groups is 1. The third-order valence-electron chi connectivity index (χ3n) is 3.60. The maximum Gasteiger partial charge on any atom is 0.224 e. The molecule has 1 aromatic rings. The van der Waals surface area contributed by atoms with Gasteiger partial charge in [0, 0.05) is 25.0 Å². The number of hydrogen-bond acceptors (Lipinski definition) is 2. The molecule has 0 aromatic heterocycles. The second-order valence-electron chi connectivity index (χ2n) is 5.14.